The molecule has 3 rings (SSSR count). The fourth-order valence-corrected chi connectivity index (χ4v) is 4.19. The van der Waals surface area contributed by atoms with E-state index in [-0.39, 0.29) is 18.6 Å². The Morgan fingerprint density at radius 3 is 2.50 bits per heavy atom. The molecule has 0 spiro atoms. The van der Waals surface area contributed by atoms with Crippen molar-refractivity contribution >= 4 is 5.91 Å². The van der Waals surface area contributed by atoms with E-state index >= 15 is 0 Å². The molecule has 0 saturated carbocycles. The second kappa shape index (κ2) is 8.87. The van der Waals surface area contributed by atoms with E-state index in [9.17, 15) is 4.79 Å². The predicted molar refractivity (Wildman–Crippen MR) is 102 cm³/mol. The minimum Gasteiger partial charge on any atom is -0.487 e. The van der Waals surface area contributed by atoms with E-state index in [1.54, 1.807) is 0 Å². The second-order valence-corrected chi connectivity index (χ2v) is 7.61. The topological polar surface area (TPSA) is 42.0 Å². The predicted octanol–water partition coefficient (Wildman–Crippen LogP) is 2.80. The van der Waals surface area contributed by atoms with Crippen molar-refractivity contribution in [3.8, 4) is 5.75 Å². The van der Waals surface area contributed by atoms with Crippen molar-refractivity contribution in [3.63, 3.8) is 0 Å². The standard InChI is InChI=1S/C21H32N2O3/c1-4-25-15-20(24)22-12-10-17(11-13-22)21-19(14-23(21)16(2)3)26-18-8-6-5-7-9-18/h5-9,16-17,19,21H,4,10-15H2,1-3H3/t19-,21-/m0/s1. The van der Waals surface area contributed by atoms with Gasteiger partial charge < -0.3 is 14.4 Å². The Labute approximate surface area is 157 Å². The molecular weight excluding hydrogens is 328 g/mol. The van der Waals surface area contributed by atoms with Crippen LogP contribution in [0.4, 0.5) is 0 Å². The van der Waals surface area contributed by atoms with Gasteiger partial charge in [-0.2, -0.15) is 0 Å². The maximum Gasteiger partial charge on any atom is 0.248 e. The number of carbonyl (C=O) groups excluding carboxylic acids is 1. The molecule has 2 aliphatic rings. The third-order valence-corrected chi connectivity index (χ3v) is 5.65. The average Bonchev–Trinajstić information content (AvgIpc) is 2.64. The number of nitrogens with zero attached hydrogens (tertiary/aromatic N) is 2. The highest BCUT2D eigenvalue weighted by Gasteiger charge is 2.47. The number of amides is 1. The average molecular weight is 360 g/mol. The monoisotopic (exact) mass is 360 g/mol. The highest BCUT2D eigenvalue weighted by Crippen LogP contribution is 2.36. The zero-order valence-electron chi connectivity index (χ0n) is 16.3. The lowest BCUT2D eigenvalue weighted by molar-refractivity contribution is -0.140. The molecule has 0 bridgehead atoms. The summed E-state index contributed by atoms with van der Waals surface area (Å²) in [6, 6.07) is 11.1. The quantitative estimate of drug-likeness (QED) is 0.750. The molecule has 0 N–H and O–H groups in total. The van der Waals surface area contributed by atoms with Gasteiger partial charge in [-0.15, -0.1) is 0 Å². The number of benzene rings is 1. The molecule has 1 amide bonds. The number of ether oxygens (including phenoxy) is 2. The number of piperidine rings is 1. The highest BCUT2D eigenvalue weighted by atomic mass is 16.5. The van der Waals surface area contributed by atoms with Crippen LogP contribution in [0, 0.1) is 5.92 Å². The van der Waals surface area contributed by atoms with E-state index in [1.807, 2.05) is 42.2 Å². The molecule has 0 aliphatic carbocycles. The van der Waals surface area contributed by atoms with Crippen LogP contribution in [-0.2, 0) is 9.53 Å². The Hall–Kier alpha value is -1.59. The molecule has 2 saturated heterocycles. The number of likely N-dealkylation sites (tertiary alicyclic amines) is 2. The van der Waals surface area contributed by atoms with Crippen molar-refractivity contribution in [2.75, 3.05) is 32.8 Å². The summed E-state index contributed by atoms with van der Waals surface area (Å²) in [5.41, 5.74) is 0. The van der Waals surface area contributed by atoms with E-state index in [4.69, 9.17) is 9.47 Å². The minimum atomic E-state index is 0.122. The van der Waals surface area contributed by atoms with Crippen LogP contribution in [0.5, 0.6) is 5.75 Å². The van der Waals surface area contributed by atoms with Crippen molar-refractivity contribution in [1.29, 1.82) is 0 Å². The van der Waals surface area contributed by atoms with Gasteiger partial charge in [-0.1, -0.05) is 18.2 Å². The van der Waals surface area contributed by atoms with Gasteiger partial charge in [-0.25, -0.2) is 0 Å². The third kappa shape index (κ3) is 4.38. The fourth-order valence-electron chi connectivity index (χ4n) is 4.19. The van der Waals surface area contributed by atoms with Crippen LogP contribution in [0.1, 0.15) is 33.6 Å². The van der Waals surface area contributed by atoms with Crippen LogP contribution in [0.15, 0.2) is 30.3 Å². The van der Waals surface area contributed by atoms with E-state index in [0.29, 0.717) is 24.6 Å². The largest absolute Gasteiger partial charge is 0.487 e. The van der Waals surface area contributed by atoms with Crippen LogP contribution in [-0.4, -0.2) is 66.7 Å². The number of rotatable bonds is 7. The Morgan fingerprint density at radius 1 is 1.19 bits per heavy atom. The van der Waals surface area contributed by atoms with Crippen LogP contribution >= 0.6 is 0 Å². The smallest absolute Gasteiger partial charge is 0.248 e. The zero-order valence-corrected chi connectivity index (χ0v) is 16.3. The Bertz CT molecular complexity index is 570. The first kappa shape index (κ1) is 19.2. The molecule has 5 nitrogen and oxygen atoms in total. The van der Waals surface area contributed by atoms with Crippen molar-refractivity contribution in [3.05, 3.63) is 30.3 Å². The molecule has 5 heteroatoms. The highest BCUT2D eigenvalue weighted by molar-refractivity contribution is 5.77. The van der Waals surface area contributed by atoms with E-state index in [2.05, 4.69) is 18.7 Å². The van der Waals surface area contributed by atoms with Gasteiger partial charge in [0, 0.05) is 32.3 Å². The minimum absolute atomic E-state index is 0.122. The van der Waals surface area contributed by atoms with Crippen LogP contribution in [0.2, 0.25) is 0 Å². The Balaban J connectivity index is 1.57. The lowest BCUT2D eigenvalue weighted by atomic mass is 9.79. The first-order valence-corrected chi connectivity index (χ1v) is 9.93. The maximum absolute atomic E-state index is 12.2. The molecule has 2 heterocycles. The van der Waals surface area contributed by atoms with Gasteiger partial charge in [0.05, 0.1) is 6.04 Å². The van der Waals surface area contributed by atoms with Crippen molar-refractivity contribution in [1.82, 2.24) is 9.80 Å². The Morgan fingerprint density at radius 2 is 1.88 bits per heavy atom. The number of hydrogen-bond donors (Lipinski definition) is 0. The lowest BCUT2D eigenvalue weighted by Crippen LogP contribution is -2.68. The van der Waals surface area contributed by atoms with Crippen LogP contribution in [0.3, 0.4) is 0 Å². The molecule has 26 heavy (non-hydrogen) atoms. The summed E-state index contributed by atoms with van der Waals surface area (Å²) in [4.78, 5) is 16.7. The molecule has 2 fully saturated rings. The molecular formula is C21H32N2O3. The van der Waals surface area contributed by atoms with E-state index in [1.165, 1.54) is 0 Å². The molecule has 144 valence electrons. The molecule has 0 unspecified atom stereocenters. The van der Waals surface area contributed by atoms with Crippen molar-refractivity contribution in [2.45, 2.75) is 51.8 Å². The third-order valence-electron chi connectivity index (χ3n) is 5.65. The summed E-state index contributed by atoms with van der Waals surface area (Å²) in [5.74, 6) is 1.66. The normalized spacial score (nSPS) is 24.5. The molecule has 2 aliphatic heterocycles. The van der Waals surface area contributed by atoms with Crippen LogP contribution in [0.25, 0.3) is 0 Å². The first-order chi connectivity index (χ1) is 12.6. The van der Waals surface area contributed by atoms with Gasteiger partial charge in [0.1, 0.15) is 18.5 Å². The van der Waals surface area contributed by atoms with Crippen LogP contribution < -0.4 is 4.74 Å². The van der Waals surface area contributed by atoms with Gasteiger partial charge in [0.15, 0.2) is 0 Å². The zero-order chi connectivity index (χ0) is 18.5. The van der Waals surface area contributed by atoms with Crippen molar-refractivity contribution in [2.24, 2.45) is 5.92 Å². The number of carbonyl (C=O) groups is 1. The van der Waals surface area contributed by atoms with E-state index < -0.39 is 0 Å². The van der Waals surface area contributed by atoms with Gasteiger partial charge in [0.2, 0.25) is 5.91 Å². The van der Waals surface area contributed by atoms with Gasteiger partial charge in [0.25, 0.3) is 0 Å². The first-order valence-electron chi connectivity index (χ1n) is 9.93. The van der Waals surface area contributed by atoms with Gasteiger partial charge in [-0.3, -0.25) is 9.69 Å². The fraction of sp³-hybridized carbons (Fsp3) is 0.667. The second-order valence-electron chi connectivity index (χ2n) is 7.61. The van der Waals surface area contributed by atoms with Crippen molar-refractivity contribution < 1.29 is 14.3 Å². The molecule has 2 atom stereocenters. The van der Waals surface area contributed by atoms with E-state index in [0.717, 1.165) is 38.2 Å². The Kier molecular flexibility index (Phi) is 6.54. The summed E-state index contributed by atoms with van der Waals surface area (Å²) in [7, 11) is 0. The molecule has 0 radical (unpaired) electrons. The molecule has 0 aromatic heterocycles. The number of hydrogen-bond acceptors (Lipinski definition) is 4. The summed E-state index contributed by atoms with van der Waals surface area (Å²) in [6.45, 7) is 9.88. The summed E-state index contributed by atoms with van der Waals surface area (Å²) >= 11 is 0. The summed E-state index contributed by atoms with van der Waals surface area (Å²) in [6.07, 6.45) is 2.33. The summed E-state index contributed by atoms with van der Waals surface area (Å²) in [5, 5.41) is 0. The number of para-hydroxylation sites is 1. The SMILES string of the molecule is CCOCC(=O)N1CCC([C@H]2[C@@H](Oc3ccccc3)CN2C(C)C)CC1. The maximum atomic E-state index is 12.2. The van der Waals surface area contributed by atoms with Gasteiger partial charge in [-0.05, 0) is 51.7 Å². The van der Waals surface area contributed by atoms with Gasteiger partial charge >= 0.3 is 0 Å². The summed E-state index contributed by atoms with van der Waals surface area (Å²) < 4.78 is 11.5. The molecule has 1 aromatic carbocycles. The molecule has 1 aromatic rings. The lowest BCUT2D eigenvalue weighted by Gasteiger charge is -2.54.